The molecule has 3 nitrogen and oxygen atoms in total. The summed E-state index contributed by atoms with van der Waals surface area (Å²) in [5.41, 5.74) is 0. The third kappa shape index (κ3) is 149. The van der Waals surface area contributed by atoms with E-state index in [0.29, 0.717) is 0 Å². The molecule has 0 saturated heterocycles. The molecule has 0 heterocycles. The molecule has 0 fully saturated rings. The fraction of sp³-hybridized carbons (Fsp3) is 0.500. The largest absolute Gasteiger partial charge is 2.00 e. The van der Waals surface area contributed by atoms with Gasteiger partial charge in [0.2, 0.25) is 0 Å². The SMILES string of the molecule is CC(=O)O.O.P.[Ca+2].[H-].[H-]. The maximum atomic E-state index is 9.00. The van der Waals surface area contributed by atoms with E-state index in [1.54, 1.807) is 0 Å². The Morgan fingerprint density at radius 3 is 1.71 bits per heavy atom. The average Bonchev–Trinajstić information content (AvgIpc) is 0.811. The number of aliphatic carboxylic acids is 1. The van der Waals surface area contributed by atoms with Crippen molar-refractivity contribution in [2.45, 2.75) is 6.92 Å². The van der Waals surface area contributed by atoms with Crippen molar-refractivity contribution in [1.82, 2.24) is 0 Å². The minimum Gasteiger partial charge on any atom is -1.00 e. The van der Waals surface area contributed by atoms with Crippen LogP contribution < -0.4 is 0 Å². The van der Waals surface area contributed by atoms with Crippen molar-refractivity contribution in [3.63, 3.8) is 0 Å². The predicted octanol–water partition coefficient (Wildman–Crippen LogP) is -0.832. The molecular formula is C2H11CaO3P. The molecule has 0 aromatic heterocycles. The molecule has 0 spiro atoms. The topological polar surface area (TPSA) is 68.8 Å². The number of carboxylic acid groups (broad SMARTS) is 1. The van der Waals surface area contributed by atoms with Crippen LogP contribution in [0.25, 0.3) is 0 Å². The normalized spacial score (nSPS) is 3.57. The Morgan fingerprint density at radius 1 is 1.71 bits per heavy atom. The van der Waals surface area contributed by atoms with Gasteiger partial charge in [0.05, 0.1) is 0 Å². The van der Waals surface area contributed by atoms with Gasteiger partial charge < -0.3 is 13.4 Å². The van der Waals surface area contributed by atoms with Crippen LogP contribution in [0, 0.1) is 0 Å². The molecule has 0 aliphatic rings. The van der Waals surface area contributed by atoms with Crippen LogP contribution in [0.2, 0.25) is 0 Å². The van der Waals surface area contributed by atoms with Gasteiger partial charge in [-0.2, -0.15) is 9.90 Å². The maximum absolute atomic E-state index is 9.00. The van der Waals surface area contributed by atoms with Gasteiger partial charge in [-0.15, -0.1) is 0 Å². The van der Waals surface area contributed by atoms with Crippen LogP contribution in [0.15, 0.2) is 0 Å². The first-order chi connectivity index (χ1) is 1.73. The predicted molar refractivity (Wildman–Crippen MR) is 36.0 cm³/mol. The van der Waals surface area contributed by atoms with E-state index in [1.165, 1.54) is 0 Å². The van der Waals surface area contributed by atoms with Gasteiger partial charge in [-0.25, -0.2) is 0 Å². The first kappa shape index (κ1) is 24.3. The van der Waals surface area contributed by atoms with Crippen molar-refractivity contribution in [1.29, 1.82) is 0 Å². The van der Waals surface area contributed by atoms with E-state index in [2.05, 4.69) is 0 Å². The van der Waals surface area contributed by atoms with Gasteiger partial charge in [-0.3, -0.25) is 4.79 Å². The fourth-order valence-electron chi connectivity index (χ4n) is 0. The van der Waals surface area contributed by atoms with E-state index >= 15 is 0 Å². The summed E-state index contributed by atoms with van der Waals surface area (Å²) in [4.78, 5) is 9.00. The second kappa shape index (κ2) is 15.7. The second-order valence-corrected chi connectivity index (χ2v) is 0.519. The molecule has 0 saturated carbocycles. The zero-order valence-electron chi connectivity index (χ0n) is 6.27. The van der Waals surface area contributed by atoms with E-state index in [9.17, 15) is 0 Å². The summed E-state index contributed by atoms with van der Waals surface area (Å²) in [6.45, 7) is 1.08. The summed E-state index contributed by atoms with van der Waals surface area (Å²) in [6, 6.07) is 0. The van der Waals surface area contributed by atoms with E-state index in [-0.39, 0.29) is 56.0 Å². The van der Waals surface area contributed by atoms with Crippen molar-refractivity contribution in [2.75, 3.05) is 0 Å². The molecular weight excluding hydrogens is 143 g/mol. The van der Waals surface area contributed by atoms with Crippen molar-refractivity contribution < 1.29 is 18.2 Å². The molecule has 1 atom stereocenters. The second-order valence-electron chi connectivity index (χ2n) is 0.519. The number of hydrogen-bond acceptors (Lipinski definition) is 1. The van der Waals surface area contributed by atoms with E-state index in [1.807, 2.05) is 0 Å². The number of hydrogen-bond donors (Lipinski definition) is 1. The van der Waals surface area contributed by atoms with Gasteiger partial charge >= 0.3 is 37.7 Å². The Balaban J connectivity index is -0.00000000450. The van der Waals surface area contributed by atoms with Gasteiger partial charge in [-0.05, 0) is 0 Å². The average molecular weight is 154 g/mol. The first-order valence-corrected chi connectivity index (χ1v) is 0.928. The Bertz CT molecular complexity index is 42.8. The van der Waals surface area contributed by atoms with Crippen LogP contribution in [-0.4, -0.2) is 54.3 Å². The van der Waals surface area contributed by atoms with Crippen molar-refractivity contribution in [3.8, 4) is 0 Å². The van der Waals surface area contributed by atoms with Crippen LogP contribution in [-0.2, 0) is 4.79 Å². The van der Waals surface area contributed by atoms with Crippen molar-refractivity contribution in [3.05, 3.63) is 0 Å². The van der Waals surface area contributed by atoms with Crippen molar-refractivity contribution >= 4 is 53.6 Å². The van der Waals surface area contributed by atoms with Gasteiger partial charge in [-0.1, -0.05) is 0 Å². The first-order valence-electron chi connectivity index (χ1n) is 0.928. The van der Waals surface area contributed by atoms with Crippen LogP contribution in [0.4, 0.5) is 0 Å². The molecule has 0 rings (SSSR count). The molecule has 7 heavy (non-hydrogen) atoms. The molecule has 0 aliphatic carbocycles. The van der Waals surface area contributed by atoms with Crippen molar-refractivity contribution in [2.24, 2.45) is 0 Å². The number of carboxylic acids is 1. The molecule has 3 N–H and O–H groups in total. The molecule has 5 heteroatoms. The van der Waals surface area contributed by atoms with Crippen LogP contribution in [0.5, 0.6) is 0 Å². The number of rotatable bonds is 0. The van der Waals surface area contributed by atoms with Gasteiger partial charge in [0, 0.05) is 6.92 Å². The smallest absolute Gasteiger partial charge is 1.00 e. The zero-order chi connectivity index (χ0) is 3.58. The van der Waals surface area contributed by atoms with Crippen LogP contribution in [0.1, 0.15) is 9.78 Å². The van der Waals surface area contributed by atoms with E-state index in [0.717, 1.165) is 6.92 Å². The summed E-state index contributed by atoms with van der Waals surface area (Å²) in [5.74, 6) is -0.833. The summed E-state index contributed by atoms with van der Waals surface area (Å²) in [5, 5.41) is 7.42. The fourth-order valence-corrected chi connectivity index (χ4v) is 0. The minimum absolute atomic E-state index is 0. The summed E-state index contributed by atoms with van der Waals surface area (Å²) in [6.07, 6.45) is 0. The quantitative estimate of drug-likeness (QED) is 0.365. The standard InChI is InChI=1S/C2H4O2.Ca.H2O.H3P.2H/c1-2(3)4;;;;;/h1H3,(H,3,4);;1H2;1H3;;/q;+2;;;2*-1. The Hall–Kier alpha value is 1.12. The number of carbonyl (C=O) groups is 1. The molecule has 0 amide bonds. The van der Waals surface area contributed by atoms with Crippen LogP contribution >= 0.6 is 9.90 Å². The monoisotopic (exact) mass is 154 g/mol. The molecule has 0 aliphatic heterocycles. The Labute approximate surface area is 78.4 Å². The summed E-state index contributed by atoms with van der Waals surface area (Å²) < 4.78 is 0. The Kier molecular flexibility index (Phi) is 54.4. The molecule has 0 aromatic rings. The third-order valence-corrected chi connectivity index (χ3v) is 0. The van der Waals surface area contributed by atoms with E-state index < -0.39 is 5.97 Å². The molecule has 44 valence electrons. The molecule has 0 radical (unpaired) electrons. The van der Waals surface area contributed by atoms with E-state index in [4.69, 9.17) is 9.90 Å². The van der Waals surface area contributed by atoms with Gasteiger partial charge in [0.1, 0.15) is 0 Å². The van der Waals surface area contributed by atoms with Gasteiger partial charge in [0.25, 0.3) is 5.97 Å². The zero-order valence-corrected chi connectivity index (χ0v) is 7.89. The third-order valence-electron chi connectivity index (χ3n) is 0. The molecule has 0 aromatic carbocycles. The summed E-state index contributed by atoms with van der Waals surface area (Å²) >= 11 is 0. The van der Waals surface area contributed by atoms with Crippen LogP contribution in [0.3, 0.4) is 0 Å². The maximum Gasteiger partial charge on any atom is 2.00 e. The Morgan fingerprint density at radius 2 is 1.71 bits per heavy atom. The summed E-state index contributed by atoms with van der Waals surface area (Å²) in [7, 11) is 0. The molecule has 0 bridgehead atoms. The minimum atomic E-state index is -0.833. The molecule has 1 unspecified atom stereocenters. The van der Waals surface area contributed by atoms with Gasteiger partial charge in [0.15, 0.2) is 0 Å².